The zero-order valence-electron chi connectivity index (χ0n) is 15.7. The van der Waals surface area contributed by atoms with Crippen LogP contribution in [0, 0.1) is 18.7 Å². The van der Waals surface area contributed by atoms with Crippen molar-refractivity contribution < 1.29 is 17.6 Å². The largest absolute Gasteiger partial charge is 0.351 e. The third kappa shape index (κ3) is 6.45. The summed E-state index contributed by atoms with van der Waals surface area (Å²) in [5.74, 6) is -0.649. The van der Waals surface area contributed by atoms with Gasteiger partial charge >= 0.3 is 0 Å². The summed E-state index contributed by atoms with van der Waals surface area (Å²) in [6, 6.07) is 11.3. The fraction of sp³-hybridized carbons (Fsp3) is 0.350. The van der Waals surface area contributed by atoms with Gasteiger partial charge in [0.05, 0.1) is 4.90 Å². The number of carbonyl (C=O) groups excluding carboxylic acids is 1. The van der Waals surface area contributed by atoms with Crippen LogP contribution in [0.15, 0.2) is 53.4 Å². The molecular formula is C20H25FN2O3S. The van der Waals surface area contributed by atoms with Gasteiger partial charge in [-0.15, -0.1) is 0 Å². The fourth-order valence-corrected chi connectivity index (χ4v) is 3.78. The first kappa shape index (κ1) is 21.1. The van der Waals surface area contributed by atoms with Crippen molar-refractivity contribution in [2.45, 2.75) is 44.7 Å². The smallest absolute Gasteiger partial charge is 0.241 e. The summed E-state index contributed by atoms with van der Waals surface area (Å²) in [6.07, 6.45) is 0.361. The second-order valence-electron chi connectivity index (χ2n) is 6.96. The van der Waals surface area contributed by atoms with Crippen molar-refractivity contribution in [2.24, 2.45) is 5.92 Å². The molecule has 0 radical (unpaired) electrons. The molecule has 0 saturated heterocycles. The highest BCUT2D eigenvalue weighted by Gasteiger charge is 2.26. The van der Waals surface area contributed by atoms with Gasteiger partial charge in [-0.1, -0.05) is 43.7 Å². The summed E-state index contributed by atoms with van der Waals surface area (Å²) in [7, 11) is -3.82. The minimum atomic E-state index is -3.82. The Morgan fingerprint density at radius 2 is 1.63 bits per heavy atom. The van der Waals surface area contributed by atoms with Gasteiger partial charge in [-0.25, -0.2) is 12.8 Å². The van der Waals surface area contributed by atoms with E-state index in [-0.39, 0.29) is 23.2 Å². The summed E-state index contributed by atoms with van der Waals surface area (Å²) in [5, 5.41) is 2.72. The van der Waals surface area contributed by atoms with Gasteiger partial charge < -0.3 is 5.32 Å². The first-order valence-corrected chi connectivity index (χ1v) is 10.3. The number of hydrogen-bond donors (Lipinski definition) is 2. The number of hydrogen-bond acceptors (Lipinski definition) is 3. The lowest BCUT2D eigenvalue weighted by molar-refractivity contribution is -0.123. The molecule has 0 saturated carbocycles. The van der Waals surface area contributed by atoms with Gasteiger partial charge in [-0.3, -0.25) is 4.79 Å². The number of nitrogens with one attached hydrogen (secondary N) is 2. The molecule has 0 aliphatic heterocycles. The van der Waals surface area contributed by atoms with Gasteiger partial charge in [0.1, 0.15) is 11.9 Å². The van der Waals surface area contributed by atoms with Crippen LogP contribution in [0.3, 0.4) is 0 Å². The molecule has 0 aromatic heterocycles. The van der Waals surface area contributed by atoms with E-state index in [1.165, 1.54) is 24.3 Å². The third-order valence-corrected chi connectivity index (χ3v) is 5.52. The molecule has 146 valence electrons. The minimum Gasteiger partial charge on any atom is -0.351 e. The van der Waals surface area contributed by atoms with Crippen LogP contribution in [0.2, 0.25) is 0 Å². The highest BCUT2D eigenvalue weighted by atomic mass is 32.2. The van der Waals surface area contributed by atoms with Gasteiger partial charge in [0.2, 0.25) is 15.9 Å². The first-order chi connectivity index (χ1) is 12.7. The van der Waals surface area contributed by atoms with E-state index in [2.05, 4.69) is 10.0 Å². The van der Waals surface area contributed by atoms with Crippen LogP contribution in [0.25, 0.3) is 0 Å². The number of rotatable bonds is 8. The molecule has 7 heteroatoms. The lowest BCUT2D eigenvalue weighted by atomic mass is 10.0. The van der Waals surface area contributed by atoms with Crippen molar-refractivity contribution in [1.29, 1.82) is 0 Å². The Morgan fingerprint density at radius 1 is 1.04 bits per heavy atom. The van der Waals surface area contributed by atoms with Crippen LogP contribution in [-0.4, -0.2) is 20.4 Å². The van der Waals surface area contributed by atoms with Gasteiger partial charge in [0, 0.05) is 6.54 Å². The lowest BCUT2D eigenvalue weighted by Crippen LogP contribution is -2.47. The molecule has 0 aliphatic carbocycles. The average molecular weight is 392 g/mol. The standard InChI is InChI=1S/C20H25FN2O3S/c1-14(2)12-19(20(24)22-13-16-6-8-17(21)9-7-16)23-27(25,26)18-10-4-15(3)5-11-18/h4-11,14,19,23H,12-13H2,1-3H3,(H,22,24)/t19-/m1/s1. The van der Waals surface area contributed by atoms with E-state index in [0.29, 0.717) is 6.42 Å². The van der Waals surface area contributed by atoms with E-state index < -0.39 is 22.0 Å². The Morgan fingerprint density at radius 3 is 2.19 bits per heavy atom. The summed E-state index contributed by atoms with van der Waals surface area (Å²) < 4.78 is 40.7. The maximum Gasteiger partial charge on any atom is 0.241 e. The number of aryl methyl sites for hydroxylation is 1. The van der Waals surface area contributed by atoms with Crippen LogP contribution < -0.4 is 10.0 Å². The van der Waals surface area contributed by atoms with E-state index in [4.69, 9.17) is 0 Å². The fourth-order valence-electron chi connectivity index (χ4n) is 2.57. The summed E-state index contributed by atoms with van der Waals surface area (Å²) in [5.41, 5.74) is 1.68. The zero-order valence-corrected chi connectivity index (χ0v) is 16.5. The summed E-state index contributed by atoms with van der Waals surface area (Å²) in [4.78, 5) is 12.7. The van der Waals surface area contributed by atoms with Crippen molar-refractivity contribution in [3.05, 3.63) is 65.5 Å². The normalized spacial score (nSPS) is 12.8. The Labute approximate surface area is 160 Å². The minimum absolute atomic E-state index is 0.118. The van der Waals surface area contributed by atoms with Gasteiger partial charge in [0.15, 0.2) is 0 Å². The molecule has 0 spiro atoms. The maximum absolute atomic E-state index is 13.0. The Kier molecular flexibility index (Phi) is 7.10. The molecule has 0 heterocycles. The van der Waals surface area contributed by atoms with Crippen molar-refractivity contribution in [2.75, 3.05) is 0 Å². The molecule has 2 rings (SSSR count). The lowest BCUT2D eigenvalue weighted by Gasteiger charge is -2.20. The monoisotopic (exact) mass is 392 g/mol. The highest BCUT2D eigenvalue weighted by Crippen LogP contribution is 2.13. The number of benzene rings is 2. The molecule has 1 atom stereocenters. The average Bonchev–Trinajstić information content (AvgIpc) is 2.60. The first-order valence-electron chi connectivity index (χ1n) is 8.78. The number of carbonyl (C=O) groups is 1. The molecule has 1 amide bonds. The predicted octanol–water partition coefficient (Wildman–Crippen LogP) is 3.14. The van der Waals surface area contributed by atoms with Crippen LogP contribution in [0.4, 0.5) is 4.39 Å². The molecule has 2 aromatic rings. The van der Waals surface area contributed by atoms with E-state index in [9.17, 15) is 17.6 Å². The Balaban J connectivity index is 2.09. The summed E-state index contributed by atoms with van der Waals surface area (Å²) >= 11 is 0. The van der Waals surface area contributed by atoms with Crippen molar-refractivity contribution in [3.63, 3.8) is 0 Å². The molecule has 0 aliphatic rings. The van der Waals surface area contributed by atoms with Crippen LogP contribution in [-0.2, 0) is 21.4 Å². The number of amides is 1. The zero-order chi connectivity index (χ0) is 20.0. The third-order valence-electron chi connectivity index (χ3n) is 4.03. The van der Waals surface area contributed by atoms with Crippen LogP contribution in [0.5, 0.6) is 0 Å². The predicted molar refractivity (Wildman–Crippen MR) is 103 cm³/mol. The SMILES string of the molecule is Cc1ccc(S(=O)(=O)N[C@H](CC(C)C)C(=O)NCc2ccc(F)cc2)cc1. The molecular weight excluding hydrogens is 367 g/mol. The highest BCUT2D eigenvalue weighted by molar-refractivity contribution is 7.89. The molecule has 5 nitrogen and oxygen atoms in total. The van der Waals surface area contributed by atoms with E-state index in [1.807, 2.05) is 20.8 Å². The topological polar surface area (TPSA) is 75.3 Å². The van der Waals surface area contributed by atoms with E-state index in [0.717, 1.165) is 11.1 Å². The van der Waals surface area contributed by atoms with E-state index in [1.54, 1.807) is 24.3 Å². The molecule has 0 fully saturated rings. The van der Waals surface area contributed by atoms with Gasteiger partial charge in [-0.05, 0) is 49.1 Å². The van der Waals surface area contributed by atoms with Crippen LogP contribution >= 0.6 is 0 Å². The molecule has 2 N–H and O–H groups in total. The second-order valence-corrected chi connectivity index (χ2v) is 8.67. The Bertz CT molecular complexity index is 863. The molecule has 2 aromatic carbocycles. The maximum atomic E-state index is 13.0. The van der Waals surface area contributed by atoms with Crippen molar-refractivity contribution in [1.82, 2.24) is 10.0 Å². The molecule has 27 heavy (non-hydrogen) atoms. The molecule has 0 unspecified atom stereocenters. The second kappa shape index (κ2) is 9.10. The van der Waals surface area contributed by atoms with Gasteiger partial charge in [0.25, 0.3) is 0 Å². The quantitative estimate of drug-likeness (QED) is 0.725. The van der Waals surface area contributed by atoms with Crippen molar-refractivity contribution >= 4 is 15.9 Å². The Hall–Kier alpha value is -2.25. The van der Waals surface area contributed by atoms with E-state index >= 15 is 0 Å². The van der Waals surface area contributed by atoms with Crippen molar-refractivity contribution in [3.8, 4) is 0 Å². The van der Waals surface area contributed by atoms with Crippen LogP contribution in [0.1, 0.15) is 31.4 Å². The number of sulfonamides is 1. The van der Waals surface area contributed by atoms with Gasteiger partial charge in [-0.2, -0.15) is 4.72 Å². The molecule has 0 bridgehead atoms. The number of halogens is 1. The summed E-state index contributed by atoms with van der Waals surface area (Å²) in [6.45, 7) is 5.90.